The minimum Gasteiger partial charge on any atom is -0.378 e. The summed E-state index contributed by atoms with van der Waals surface area (Å²) in [7, 11) is 0. The number of piperazine rings is 1. The molecule has 0 bridgehead atoms. The normalized spacial score (nSPS) is 18.7. The van der Waals surface area contributed by atoms with Crippen molar-refractivity contribution in [3.05, 3.63) is 29.8 Å². The third kappa shape index (κ3) is 4.74. The molecule has 7 nitrogen and oxygen atoms in total. The molecule has 2 aliphatic rings. The molecule has 1 aromatic rings. The van der Waals surface area contributed by atoms with Crippen LogP contribution in [-0.2, 0) is 9.53 Å². The quantitative estimate of drug-likeness (QED) is 0.824. The number of carbonyl (C=O) groups is 2. The summed E-state index contributed by atoms with van der Waals surface area (Å²) in [6.45, 7) is 9.03. The number of hydrogen-bond acceptors (Lipinski definition) is 5. The van der Waals surface area contributed by atoms with Crippen molar-refractivity contribution in [2.45, 2.75) is 6.92 Å². The number of benzene rings is 1. The molecule has 0 radical (unpaired) electrons. The average molecular weight is 360 g/mol. The number of morpholine rings is 1. The maximum absolute atomic E-state index is 12.7. The van der Waals surface area contributed by atoms with E-state index in [-0.39, 0.29) is 11.8 Å². The van der Waals surface area contributed by atoms with Gasteiger partial charge in [0.25, 0.3) is 5.91 Å². The first kappa shape index (κ1) is 18.7. The molecule has 26 heavy (non-hydrogen) atoms. The van der Waals surface area contributed by atoms with E-state index in [0.29, 0.717) is 26.2 Å². The number of rotatable bonds is 5. The number of likely N-dealkylation sites (N-methyl/N-ethyl adjacent to an activating group) is 1. The molecule has 3 rings (SSSR count). The van der Waals surface area contributed by atoms with Gasteiger partial charge in [-0.05, 0) is 31.2 Å². The lowest BCUT2D eigenvalue weighted by atomic mass is 10.1. The summed E-state index contributed by atoms with van der Waals surface area (Å²) in [5.41, 5.74) is 1.86. The summed E-state index contributed by atoms with van der Waals surface area (Å²) in [4.78, 5) is 30.6. The molecule has 142 valence electrons. The van der Waals surface area contributed by atoms with Crippen molar-refractivity contribution in [1.29, 1.82) is 0 Å². The molecule has 0 saturated carbocycles. The molecule has 2 fully saturated rings. The van der Waals surface area contributed by atoms with Gasteiger partial charge in [0.2, 0.25) is 5.91 Å². The highest BCUT2D eigenvalue weighted by molar-refractivity contribution is 5.94. The van der Waals surface area contributed by atoms with E-state index in [4.69, 9.17) is 4.74 Å². The molecule has 0 aromatic heterocycles. The van der Waals surface area contributed by atoms with Crippen LogP contribution in [-0.4, -0.2) is 87.2 Å². The SMILES string of the molecule is CCNC(=O)CN1CCN(C(=O)c2ccc(N3CCOCC3)cc2)CC1. The number of ether oxygens (including phenoxy) is 1. The van der Waals surface area contributed by atoms with E-state index in [0.717, 1.165) is 50.6 Å². The van der Waals surface area contributed by atoms with E-state index >= 15 is 0 Å². The van der Waals surface area contributed by atoms with E-state index in [1.807, 2.05) is 36.1 Å². The summed E-state index contributed by atoms with van der Waals surface area (Å²) in [6, 6.07) is 7.86. The molecule has 2 saturated heterocycles. The Morgan fingerprint density at radius 1 is 1.00 bits per heavy atom. The van der Waals surface area contributed by atoms with Gasteiger partial charge in [-0.3, -0.25) is 14.5 Å². The van der Waals surface area contributed by atoms with Crippen LogP contribution >= 0.6 is 0 Å². The maximum Gasteiger partial charge on any atom is 0.253 e. The number of nitrogens with one attached hydrogen (secondary N) is 1. The number of hydrogen-bond donors (Lipinski definition) is 1. The lowest BCUT2D eigenvalue weighted by Crippen LogP contribution is -2.51. The van der Waals surface area contributed by atoms with Gasteiger partial charge in [-0.25, -0.2) is 0 Å². The molecular formula is C19H28N4O3. The predicted molar refractivity (Wildman–Crippen MR) is 101 cm³/mol. The number of anilines is 1. The van der Waals surface area contributed by atoms with Crippen LogP contribution in [0.4, 0.5) is 5.69 Å². The minimum absolute atomic E-state index is 0.0472. The van der Waals surface area contributed by atoms with Gasteiger partial charge in [0.1, 0.15) is 0 Å². The highest BCUT2D eigenvalue weighted by Crippen LogP contribution is 2.18. The summed E-state index contributed by atoms with van der Waals surface area (Å²) < 4.78 is 5.38. The van der Waals surface area contributed by atoms with Gasteiger partial charge in [0.15, 0.2) is 0 Å². The maximum atomic E-state index is 12.7. The van der Waals surface area contributed by atoms with Crippen LogP contribution in [0.15, 0.2) is 24.3 Å². The Bertz CT molecular complexity index is 606. The van der Waals surface area contributed by atoms with Gasteiger partial charge in [-0.15, -0.1) is 0 Å². The highest BCUT2D eigenvalue weighted by Gasteiger charge is 2.23. The molecule has 0 atom stereocenters. The van der Waals surface area contributed by atoms with E-state index in [1.165, 1.54) is 0 Å². The zero-order valence-electron chi connectivity index (χ0n) is 15.4. The van der Waals surface area contributed by atoms with Crippen molar-refractivity contribution >= 4 is 17.5 Å². The van der Waals surface area contributed by atoms with Gasteiger partial charge < -0.3 is 19.9 Å². The third-order valence-corrected chi connectivity index (χ3v) is 4.89. The first-order valence-corrected chi connectivity index (χ1v) is 9.38. The molecule has 1 N–H and O–H groups in total. The molecule has 0 spiro atoms. The van der Waals surface area contributed by atoms with Crippen LogP contribution in [0.1, 0.15) is 17.3 Å². The fourth-order valence-electron chi connectivity index (χ4n) is 3.38. The van der Waals surface area contributed by atoms with Crippen molar-refractivity contribution < 1.29 is 14.3 Å². The molecular weight excluding hydrogens is 332 g/mol. The van der Waals surface area contributed by atoms with Crippen LogP contribution in [0.3, 0.4) is 0 Å². The molecule has 2 amide bonds. The van der Waals surface area contributed by atoms with E-state index in [9.17, 15) is 9.59 Å². The van der Waals surface area contributed by atoms with Crippen molar-refractivity contribution in [3.63, 3.8) is 0 Å². The van der Waals surface area contributed by atoms with E-state index in [2.05, 4.69) is 15.1 Å². The number of amides is 2. The molecule has 2 aliphatic heterocycles. The van der Waals surface area contributed by atoms with Crippen LogP contribution in [0.5, 0.6) is 0 Å². The van der Waals surface area contributed by atoms with E-state index < -0.39 is 0 Å². The topological polar surface area (TPSA) is 65.1 Å². The predicted octanol–water partition coefficient (Wildman–Crippen LogP) is 0.417. The van der Waals surface area contributed by atoms with Crippen molar-refractivity contribution in [3.8, 4) is 0 Å². The molecule has 7 heteroatoms. The standard InChI is InChI=1S/C19H28N4O3/c1-2-20-18(24)15-21-7-9-23(10-8-21)19(25)16-3-5-17(6-4-16)22-11-13-26-14-12-22/h3-6H,2,7-15H2,1H3,(H,20,24). The van der Waals surface area contributed by atoms with Crippen LogP contribution in [0, 0.1) is 0 Å². The molecule has 0 unspecified atom stereocenters. The van der Waals surface area contributed by atoms with Crippen LogP contribution in [0.25, 0.3) is 0 Å². The molecule has 2 heterocycles. The van der Waals surface area contributed by atoms with E-state index in [1.54, 1.807) is 0 Å². The summed E-state index contributed by atoms with van der Waals surface area (Å²) >= 11 is 0. The fraction of sp³-hybridized carbons (Fsp3) is 0.579. The monoisotopic (exact) mass is 360 g/mol. The third-order valence-electron chi connectivity index (χ3n) is 4.89. The fourth-order valence-corrected chi connectivity index (χ4v) is 3.38. The van der Waals surface area contributed by atoms with Gasteiger partial charge >= 0.3 is 0 Å². The van der Waals surface area contributed by atoms with Gasteiger partial charge in [-0.1, -0.05) is 0 Å². The van der Waals surface area contributed by atoms with Crippen molar-refractivity contribution in [2.24, 2.45) is 0 Å². The highest BCUT2D eigenvalue weighted by atomic mass is 16.5. The Labute approximate surface area is 154 Å². The van der Waals surface area contributed by atoms with Crippen molar-refractivity contribution in [1.82, 2.24) is 15.1 Å². The van der Waals surface area contributed by atoms with Crippen molar-refractivity contribution in [2.75, 3.05) is 70.5 Å². The largest absolute Gasteiger partial charge is 0.378 e. The average Bonchev–Trinajstić information content (AvgIpc) is 2.69. The molecule has 0 aliphatic carbocycles. The van der Waals surface area contributed by atoms with Crippen LogP contribution < -0.4 is 10.2 Å². The Kier molecular flexibility index (Phi) is 6.46. The van der Waals surface area contributed by atoms with Crippen LogP contribution in [0.2, 0.25) is 0 Å². The lowest BCUT2D eigenvalue weighted by molar-refractivity contribution is -0.122. The summed E-state index contributed by atoms with van der Waals surface area (Å²) in [5.74, 6) is 0.113. The van der Waals surface area contributed by atoms with Gasteiger partial charge in [-0.2, -0.15) is 0 Å². The Balaban J connectivity index is 1.51. The Morgan fingerprint density at radius 2 is 1.65 bits per heavy atom. The summed E-state index contributed by atoms with van der Waals surface area (Å²) in [5, 5.41) is 2.81. The Hall–Kier alpha value is -2.12. The second-order valence-corrected chi connectivity index (χ2v) is 6.67. The molecule has 1 aromatic carbocycles. The zero-order valence-corrected chi connectivity index (χ0v) is 15.4. The second kappa shape index (κ2) is 9.00. The van der Waals surface area contributed by atoms with Gasteiger partial charge in [0, 0.05) is 57.1 Å². The second-order valence-electron chi connectivity index (χ2n) is 6.67. The Morgan fingerprint density at radius 3 is 2.27 bits per heavy atom. The van der Waals surface area contributed by atoms with Gasteiger partial charge in [0.05, 0.1) is 19.8 Å². The number of nitrogens with zero attached hydrogens (tertiary/aromatic N) is 3. The summed E-state index contributed by atoms with van der Waals surface area (Å²) in [6.07, 6.45) is 0. The minimum atomic E-state index is 0.0472. The zero-order chi connectivity index (χ0) is 18.4. The number of carbonyl (C=O) groups excluding carboxylic acids is 2. The first-order chi connectivity index (χ1) is 12.7. The first-order valence-electron chi connectivity index (χ1n) is 9.38. The smallest absolute Gasteiger partial charge is 0.253 e. The lowest BCUT2D eigenvalue weighted by Gasteiger charge is -2.34.